The first-order valence-corrected chi connectivity index (χ1v) is 5.30. The van der Waals surface area contributed by atoms with Crippen molar-refractivity contribution < 1.29 is 93.5 Å². The van der Waals surface area contributed by atoms with E-state index in [1.807, 2.05) is 0 Å². The molecule has 0 unspecified atom stereocenters. The number of hydrogen-bond donors (Lipinski definition) is 6. The summed E-state index contributed by atoms with van der Waals surface area (Å²) in [6.07, 6.45) is 3.35. The molecule has 6 N–H and O–H groups in total. The van der Waals surface area contributed by atoms with Gasteiger partial charge in [-0.05, 0) is 0 Å². The molecule has 0 aliphatic rings. The summed E-state index contributed by atoms with van der Waals surface area (Å²) >= 11 is 0. The molecule has 27 heavy (non-hydrogen) atoms. The van der Waals surface area contributed by atoms with Crippen LogP contribution in [0.5, 0.6) is 0 Å². The molecule has 0 bridgehead atoms. The van der Waals surface area contributed by atoms with Crippen LogP contribution in [0, 0.1) is 0 Å². The van der Waals surface area contributed by atoms with Gasteiger partial charge in [-0.1, -0.05) is 0 Å². The standard InChI is InChI=1S/3C4H4O4.2Fe.Pb.2H/c3*5-3(6)1-2-4(7)8;;;;;/h3*1-2H,(H,5,6)(H,7,8);;;;;/b3*2-1+;;;;;. The minimum absolute atomic E-state index is 0. The minimum atomic E-state index is -1.26. The summed E-state index contributed by atoms with van der Waals surface area (Å²) in [6, 6.07) is 0. The number of aliphatic carboxylic acids is 6. The van der Waals surface area contributed by atoms with E-state index in [2.05, 4.69) is 0 Å². The molecule has 0 aliphatic heterocycles. The average Bonchev–Trinajstić information content (AvgIpc) is 2.42. The molecular weight excluding hydrogens is 655 g/mol. The van der Waals surface area contributed by atoms with E-state index in [0.29, 0.717) is 36.5 Å². The number of carbonyl (C=O) groups is 6. The second-order valence-electron chi connectivity index (χ2n) is 3.03. The Bertz CT molecular complexity index is 454. The molecule has 0 spiro atoms. The van der Waals surface area contributed by atoms with Gasteiger partial charge in [0, 0.05) is 70.6 Å². The summed E-state index contributed by atoms with van der Waals surface area (Å²) in [7, 11) is 0. The second-order valence-corrected chi connectivity index (χ2v) is 3.03. The molecule has 12 nitrogen and oxygen atoms in total. The molecule has 154 valence electrons. The van der Waals surface area contributed by atoms with Crippen molar-refractivity contribution in [2.75, 3.05) is 0 Å². The number of carboxylic acids is 6. The van der Waals surface area contributed by atoms with Crippen molar-refractivity contribution in [2.24, 2.45) is 0 Å². The summed E-state index contributed by atoms with van der Waals surface area (Å²) in [5, 5.41) is 46.9. The first-order valence-electron chi connectivity index (χ1n) is 5.30. The maximum atomic E-state index is 9.55. The zero-order valence-electron chi connectivity index (χ0n) is 13.0. The Hall–Kier alpha value is -2.00. The van der Waals surface area contributed by atoms with E-state index < -0.39 is 35.8 Å². The maximum absolute atomic E-state index is 9.55. The van der Waals surface area contributed by atoms with Crippen molar-refractivity contribution in [3.05, 3.63) is 36.5 Å². The molecule has 0 aromatic heterocycles. The van der Waals surface area contributed by atoms with Crippen LogP contribution in [-0.2, 0) is 62.9 Å². The summed E-state index contributed by atoms with van der Waals surface area (Å²) in [5.74, 6) is -7.54. The Balaban J connectivity index is -0.0000000580. The summed E-state index contributed by atoms with van der Waals surface area (Å²) in [6.45, 7) is 0. The van der Waals surface area contributed by atoms with Crippen LogP contribution in [0.2, 0.25) is 0 Å². The van der Waals surface area contributed by atoms with Gasteiger partial charge in [-0.25, -0.2) is 28.8 Å². The van der Waals surface area contributed by atoms with Crippen molar-refractivity contribution in [2.45, 2.75) is 0 Å². The Morgan fingerprint density at radius 2 is 0.444 bits per heavy atom. The van der Waals surface area contributed by atoms with Crippen LogP contribution in [0.4, 0.5) is 0 Å². The number of carboxylic acid groups (broad SMARTS) is 6. The molecule has 15 heteroatoms. The van der Waals surface area contributed by atoms with Gasteiger partial charge in [-0.3, -0.25) is 0 Å². The van der Waals surface area contributed by atoms with Gasteiger partial charge in [-0.15, -0.1) is 0 Å². The van der Waals surface area contributed by atoms with Crippen molar-refractivity contribution in [1.82, 2.24) is 0 Å². The molecule has 0 amide bonds. The first-order chi connectivity index (χ1) is 10.9. The molecule has 0 atom stereocenters. The van der Waals surface area contributed by atoms with Crippen molar-refractivity contribution in [3.63, 3.8) is 0 Å². The Morgan fingerprint density at radius 1 is 0.370 bits per heavy atom. The van der Waals surface area contributed by atoms with Gasteiger partial charge < -0.3 is 30.6 Å². The molecule has 0 saturated heterocycles. The van der Waals surface area contributed by atoms with Gasteiger partial charge in [0.1, 0.15) is 0 Å². The van der Waals surface area contributed by atoms with Crippen LogP contribution in [0.3, 0.4) is 0 Å². The van der Waals surface area contributed by atoms with Crippen LogP contribution in [0.25, 0.3) is 0 Å². The van der Waals surface area contributed by atoms with Crippen molar-refractivity contribution >= 4 is 63.1 Å². The van der Waals surface area contributed by atoms with Crippen LogP contribution in [0.1, 0.15) is 0 Å². The molecule has 0 rings (SSSR count). The summed E-state index contributed by atoms with van der Waals surface area (Å²) in [4.78, 5) is 57.3. The quantitative estimate of drug-likeness (QED) is 0.136. The molecular formula is C12H14Fe2O12Pb. The third kappa shape index (κ3) is 68.7. The fraction of sp³-hybridized carbons (Fsp3) is 0. The normalized spacial score (nSPS) is 8.44. The third-order valence-corrected chi connectivity index (χ3v) is 1.11. The number of hydrogen-bond acceptors (Lipinski definition) is 6. The van der Waals surface area contributed by atoms with E-state index in [4.69, 9.17) is 30.6 Å². The van der Waals surface area contributed by atoms with Crippen LogP contribution >= 0.6 is 0 Å². The van der Waals surface area contributed by atoms with Gasteiger partial charge in [-0.2, -0.15) is 0 Å². The molecule has 0 heterocycles. The van der Waals surface area contributed by atoms with Crippen molar-refractivity contribution in [3.8, 4) is 0 Å². The first kappa shape index (κ1) is 39.9. The van der Waals surface area contributed by atoms with E-state index >= 15 is 0 Å². The van der Waals surface area contributed by atoms with Crippen LogP contribution in [0.15, 0.2) is 36.5 Å². The van der Waals surface area contributed by atoms with Gasteiger partial charge in [0.15, 0.2) is 0 Å². The Labute approximate surface area is 192 Å². The zero-order valence-corrected chi connectivity index (χ0v) is 20.7. The van der Waals surface area contributed by atoms with Crippen molar-refractivity contribution in [1.29, 1.82) is 0 Å². The van der Waals surface area contributed by atoms with Gasteiger partial charge in [0.05, 0.1) is 0 Å². The number of rotatable bonds is 6. The molecule has 0 saturated carbocycles. The summed E-state index contributed by atoms with van der Waals surface area (Å²) < 4.78 is 0. The Morgan fingerprint density at radius 3 is 0.481 bits per heavy atom. The fourth-order valence-electron chi connectivity index (χ4n) is 0.428. The predicted octanol–water partition coefficient (Wildman–Crippen LogP) is -1.79. The van der Waals surface area contributed by atoms with Crippen LogP contribution < -0.4 is 0 Å². The molecule has 0 fully saturated rings. The Kier molecular flexibility index (Phi) is 38.8. The van der Waals surface area contributed by atoms with E-state index in [1.54, 1.807) is 0 Å². The van der Waals surface area contributed by atoms with Crippen LogP contribution in [-0.4, -0.2) is 93.8 Å². The van der Waals surface area contributed by atoms with E-state index in [9.17, 15) is 28.8 Å². The predicted molar refractivity (Wildman–Crippen MR) is 81.8 cm³/mol. The van der Waals surface area contributed by atoms with E-state index in [1.165, 1.54) is 0 Å². The third-order valence-electron chi connectivity index (χ3n) is 1.11. The monoisotopic (exact) mass is 670 g/mol. The molecule has 0 aromatic rings. The van der Waals surface area contributed by atoms with Gasteiger partial charge in [0.25, 0.3) is 0 Å². The molecule has 2 radical (unpaired) electrons. The van der Waals surface area contributed by atoms with Gasteiger partial charge in [0.2, 0.25) is 0 Å². The zero-order chi connectivity index (χ0) is 19.7. The van der Waals surface area contributed by atoms with E-state index in [0.717, 1.165) is 0 Å². The van der Waals surface area contributed by atoms with E-state index in [-0.39, 0.29) is 61.4 Å². The SMILES string of the molecule is O=C(O)/C=C/C(=O)O.O=C(O)/C=C/C(=O)O.O=C(O)/C=C/C(=O)O.[Fe].[Fe].[PbH2]. The summed E-state index contributed by atoms with van der Waals surface area (Å²) in [5.41, 5.74) is 0. The fourth-order valence-corrected chi connectivity index (χ4v) is 0.428. The molecule has 0 aliphatic carbocycles. The van der Waals surface area contributed by atoms with Gasteiger partial charge >= 0.3 is 63.1 Å². The topological polar surface area (TPSA) is 224 Å². The average molecular weight is 669 g/mol. The second kappa shape index (κ2) is 26.2. The molecule has 0 aromatic carbocycles.